The predicted octanol–water partition coefficient (Wildman–Crippen LogP) is 1.14. The molecule has 2 rings (SSSR count). The molecule has 0 radical (unpaired) electrons. The number of carbonyl (C=O) groups excluding carboxylic acids is 1. The molecule has 0 spiro atoms. The van der Waals surface area contributed by atoms with Crippen LogP contribution in [0.2, 0.25) is 0 Å². The smallest absolute Gasteiger partial charge is 0.227 e. The van der Waals surface area contributed by atoms with Crippen LogP contribution in [0.1, 0.15) is 16.7 Å². The van der Waals surface area contributed by atoms with E-state index in [9.17, 15) is 9.90 Å². The Kier molecular flexibility index (Phi) is 6.82. The van der Waals surface area contributed by atoms with Gasteiger partial charge in [-0.2, -0.15) is 0 Å². The van der Waals surface area contributed by atoms with E-state index in [0.29, 0.717) is 26.2 Å². The lowest BCUT2D eigenvalue weighted by Gasteiger charge is -2.35. The van der Waals surface area contributed by atoms with Gasteiger partial charge in [0.2, 0.25) is 5.91 Å². The zero-order chi connectivity index (χ0) is 15.9. The van der Waals surface area contributed by atoms with Gasteiger partial charge >= 0.3 is 0 Å². The molecule has 2 heterocycles. The van der Waals surface area contributed by atoms with Crippen molar-refractivity contribution < 1.29 is 14.6 Å². The third kappa shape index (κ3) is 5.35. The van der Waals surface area contributed by atoms with Crippen molar-refractivity contribution in [1.82, 2.24) is 9.80 Å². The van der Waals surface area contributed by atoms with E-state index in [1.807, 2.05) is 17.9 Å². The van der Waals surface area contributed by atoms with Crippen LogP contribution >= 0.6 is 11.3 Å². The summed E-state index contributed by atoms with van der Waals surface area (Å²) in [5.74, 6) is 0.205. The Hall–Kier alpha value is -0.950. The molecular weight excluding hydrogens is 300 g/mol. The van der Waals surface area contributed by atoms with Gasteiger partial charge in [0, 0.05) is 49.1 Å². The minimum absolute atomic E-state index is 0.205. The molecule has 1 aliphatic heterocycles. The molecule has 1 aromatic rings. The third-order valence-electron chi connectivity index (χ3n) is 3.83. The van der Waals surface area contributed by atoms with Crippen LogP contribution in [0.25, 0.3) is 0 Å². The predicted molar refractivity (Wildman–Crippen MR) is 88.3 cm³/mol. The summed E-state index contributed by atoms with van der Waals surface area (Å²) in [7, 11) is 0. The van der Waals surface area contributed by atoms with Gasteiger partial charge in [0.05, 0.1) is 19.1 Å². The zero-order valence-corrected chi connectivity index (χ0v) is 14.3. The number of ether oxygens (including phenoxy) is 1. The number of aliphatic hydroxyl groups excluding tert-OH is 1. The standard InChI is InChI=1S/C16H26N2O3S/c1-3-21-12-14(19)11-17-6-8-18(9-7-17)16(20)10-15-5-4-13(2)22-15/h4-5,14,19H,3,6-12H2,1-2H3/t14-/m1/s1. The molecule has 1 amide bonds. The van der Waals surface area contributed by atoms with Crippen LogP contribution < -0.4 is 0 Å². The molecule has 124 valence electrons. The Bertz CT molecular complexity index is 470. The molecule has 1 atom stereocenters. The van der Waals surface area contributed by atoms with Gasteiger partial charge < -0.3 is 14.7 Å². The maximum Gasteiger partial charge on any atom is 0.227 e. The lowest BCUT2D eigenvalue weighted by atomic mass is 10.2. The summed E-state index contributed by atoms with van der Waals surface area (Å²) in [6, 6.07) is 4.10. The van der Waals surface area contributed by atoms with Gasteiger partial charge in [-0.25, -0.2) is 0 Å². The van der Waals surface area contributed by atoms with E-state index in [0.717, 1.165) is 31.1 Å². The first kappa shape index (κ1) is 17.4. The van der Waals surface area contributed by atoms with Crippen LogP contribution in [0.4, 0.5) is 0 Å². The number of piperazine rings is 1. The minimum Gasteiger partial charge on any atom is -0.389 e. The second-order valence-corrected chi connectivity index (χ2v) is 7.06. The molecular formula is C16H26N2O3S. The van der Waals surface area contributed by atoms with E-state index < -0.39 is 6.10 Å². The van der Waals surface area contributed by atoms with Crippen molar-refractivity contribution in [1.29, 1.82) is 0 Å². The fraction of sp³-hybridized carbons (Fsp3) is 0.688. The Morgan fingerprint density at radius 1 is 1.36 bits per heavy atom. The highest BCUT2D eigenvalue weighted by Crippen LogP contribution is 2.17. The fourth-order valence-corrected chi connectivity index (χ4v) is 3.51. The summed E-state index contributed by atoms with van der Waals surface area (Å²) in [5, 5.41) is 9.86. The maximum absolute atomic E-state index is 12.3. The first-order valence-electron chi connectivity index (χ1n) is 7.89. The first-order chi connectivity index (χ1) is 10.6. The largest absolute Gasteiger partial charge is 0.389 e. The van der Waals surface area contributed by atoms with Crippen LogP contribution in [-0.2, 0) is 16.0 Å². The summed E-state index contributed by atoms with van der Waals surface area (Å²) in [5.41, 5.74) is 0. The number of thiophene rings is 1. The Labute approximate surface area is 136 Å². The van der Waals surface area contributed by atoms with E-state index in [-0.39, 0.29) is 5.91 Å². The Balaban J connectivity index is 1.71. The molecule has 1 N–H and O–H groups in total. The molecule has 22 heavy (non-hydrogen) atoms. The van der Waals surface area contributed by atoms with E-state index in [1.165, 1.54) is 4.88 Å². The molecule has 0 saturated carbocycles. The minimum atomic E-state index is -0.448. The summed E-state index contributed by atoms with van der Waals surface area (Å²) in [6.07, 6.45) is 0.0576. The highest BCUT2D eigenvalue weighted by molar-refractivity contribution is 7.12. The SMILES string of the molecule is CCOC[C@H](O)CN1CCN(C(=O)Cc2ccc(C)s2)CC1. The highest BCUT2D eigenvalue weighted by Gasteiger charge is 2.22. The molecule has 1 aliphatic rings. The number of aliphatic hydroxyl groups is 1. The molecule has 1 saturated heterocycles. The van der Waals surface area contributed by atoms with Gasteiger partial charge in [-0.05, 0) is 26.0 Å². The summed E-state index contributed by atoms with van der Waals surface area (Å²) < 4.78 is 5.22. The van der Waals surface area contributed by atoms with Gasteiger partial charge in [0.25, 0.3) is 0 Å². The van der Waals surface area contributed by atoms with Crippen LogP contribution in [-0.4, -0.2) is 72.9 Å². The number of carbonyl (C=O) groups is 1. The molecule has 0 aromatic carbocycles. The van der Waals surface area contributed by atoms with E-state index in [2.05, 4.69) is 17.9 Å². The van der Waals surface area contributed by atoms with Crippen molar-refractivity contribution in [3.63, 3.8) is 0 Å². The average Bonchev–Trinajstić information content (AvgIpc) is 2.91. The van der Waals surface area contributed by atoms with Crippen molar-refractivity contribution >= 4 is 17.2 Å². The van der Waals surface area contributed by atoms with Crippen LogP contribution in [0, 0.1) is 6.92 Å². The number of hydrogen-bond acceptors (Lipinski definition) is 5. The first-order valence-corrected chi connectivity index (χ1v) is 8.71. The van der Waals surface area contributed by atoms with Crippen LogP contribution in [0.5, 0.6) is 0 Å². The number of hydrogen-bond donors (Lipinski definition) is 1. The number of amides is 1. The number of β-amino-alcohol motifs (C(OH)–C–C–N with tert-alkyl or cyclic N) is 1. The van der Waals surface area contributed by atoms with Crippen molar-refractivity contribution in [3.8, 4) is 0 Å². The highest BCUT2D eigenvalue weighted by atomic mass is 32.1. The quantitative estimate of drug-likeness (QED) is 0.816. The van der Waals surface area contributed by atoms with Crippen molar-refractivity contribution in [2.24, 2.45) is 0 Å². The van der Waals surface area contributed by atoms with Gasteiger partial charge in [-0.15, -0.1) is 11.3 Å². The molecule has 1 aromatic heterocycles. The molecule has 5 nitrogen and oxygen atoms in total. The normalized spacial score (nSPS) is 17.7. The summed E-state index contributed by atoms with van der Waals surface area (Å²) in [6.45, 7) is 8.73. The number of aryl methyl sites for hydroxylation is 1. The van der Waals surface area contributed by atoms with E-state index in [1.54, 1.807) is 11.3 Å². The average molecular weight is 326 g/mol. The Morgan fingerprint density at radius 2 is 2.09 bits per heavy atom. The summed E-state index contributed by atoms with van der Waals surface area (Å²) in [4.78, 5) is 18.8. The third-order valence-corrected chi connectivity index (χ3v) is 4.83. The van der Waals surface area contributed by atoms with Crippen molar-refractivity contribution in [2.45, 2.75) is 26.4 Å². The van der Waals surface area contributed by atoms with E-state index >= 15 is 0 Å². The van der Waals surface area contributed by atoms with Gasteiger partial charge in [-0.1, -0.05) is 0 Å². The van der Waals surface area contributed by atoms with Crippen molar-refractivity contribution in [3.05, 3.63) is 21.9 Å². The molecule has 1 fully saturated rings. The molecule has 6 heteroatoms. The molecule has 0 bridgehead atoms. The lowest BCUT2D eigenvalue weighted by Crippen LogP contribution is -2.51. The number of rotatable bonds is 7. The number of nitrogens with zero attached hydrogens (tertiary/aromatic N) is 2. The van der Waals surface area contributed by atoms with Crippen LogP contribution in [0.15, 0.2) is 12.1 Å². The molecule has 0 unspecified atom stereocenters. The van der Waals surface area contributed by atoms with E-state index in [4.69, 9.17) is 4.74 Å². The second kappa shape index (κ2) is 8.62. The van der Waals surface area contributed by atoms with Gasteiger partial charge in [0.1, 0.15) is 0 Å². The lowest BCUT2D eigenvalue weighted by molar-refractivity contribution is -0.132. The second-order valence-electron chi connectivity index (χ2n) is 5.68. The monoisotopic (exact) mass is 326 g/mol. The van der Waals surface area contributed by atoms with Gasteiger partial charge in [-0.3, -0.25) is 9.69 Å². The van der Waals surface area contributed by atoms with Gasteiger partial charge in [0.15, 0.2) is 0 Å². The Morgan fingerprint density at radius 3 is 2.68 bits per heavy atom. The topological polar surface area (TPSA) is 53.0 Å². The molecule has 0 aliphatic carbocycles. The zero-order valence-electron chi connectivity index (χ0n) is 13.5. The fourth-order valence-electron chi connectivity index (χ4n) is 2.63. The summed E-state index contributed by atoms with van der Waals surface area (Å²) >= 11 is 1.69. The maximum atomic E-state index is 12.3. The van der Waals surface area contributed by atoms with Crippen LogP contribution in [0.3, 0.4) is 0 Å². The van der Waals surface area contributed by atoms with Crippen molar-refractivity contribution in [2.75, 3.05) is 45.9 Å².